The smallest absolute Gasteiger partial charge is 0.129 e. The molecule has 0 radical (unpaired) electrons. The summed E-state index contributed by atoms with van der Waals surface area (Å²) in [6.07, 6.45) is 0. The lowest BCUT2D eigenvalue weighted by atomic mass is 10.0. The lowest BCUT2D eigenvalue weighted by molar-refractivity contribution is 0.312. The second-order valence-corrected chi connectivity index (χ2v) is 7.20. The van der Waals surface area contributed by atoms with E-state index in [-0.39, 0.29) is 0 Å². The van der Waals surface area contributed by atoms with Crippen molar-refractivity contribution >= 4 is 27.2 Å². The number of hydrogen-bond donors (Lipinski definition) is 0. The summed E-state index contributed by atoms with van der Waals surface area (Å²) >= 11 is 1.82. The summed E-state index contributed by atoms with van der Waals surface area (Å²) in [5, 5.41) is 3.61. The topological polar surface area (TPSA) is 19.4 Å². The van der Waals surface area contributed by atoms with E-state index in [2.05, 4.69) is 65.5 Å². The normalized spacial score (nSPS) is 16.2. The number of aromatic nitrogens is 1. The maximum absolute atomic E-state index is 4.78. The zero-order chi connectivity index (χ0) is 15.8. The maximum atomic E-state index is 4.78. The first-order chi connectivity index (χ1) is 11.2. The van der Waals surface area contributed by atoms with Crippen LogP contribution in [-0.2, 0) is 0 Å². The van der Waals surface area contributed by atoms with Crippen LogP contribution >= 0.6 is 11.3 Å². The maximum Gasteiger partial charge on any atom is 0.129 e. The van der Waals surface area contributed by atoms with E-state index < -0.39 is 0 Å². The van der Waals surface area contributed by atoms with Crippen LogP contribution in [0.3, 0.4) is 0 Å². The Morgan fingerprint density at radius 1 is 1.04 bits per heavy atom. The molecule has 4 rings (SSSR count). The minimum Gasteiger partial charge on any atom is -0.354 e. The first-order valence-corrected chi connectivity index (χ1v) is 8.97. The quantitative estimate of drug-likeness (QED) is 0.710. The molecular weight excluding hydrogens is 302 g/mol. The second kappa shape index (κ2) is 5.95. The van der Waals surface area contributed by atoms with Crippen molar-refractivity contribution in [2.75, 3.05) is 38.1 Å². The van der Waals surface area contributed by atoms with Gasteiger partial charge in [0.05, 0.1) is 0 Å². The number of nitrogens with zero attached hydrogens (tertiary/aromatic N) is 3. The molecule has 0 amide bonds. The molecule has 2 aromatic heterocycles. The monoisotopic (exact) mass is 323 g/mol. The lowest BCUT2D eigenvalue weighted by Crippen LogP contribution is -2.44. The van der Waals surface area contributed by atoms with E-state index in [0.29, 0.717) is 0 Å². The molecule has 3 heterocycles. The van der Waals surface area contributed by atoms with Crippen LogP contribution in [0, 0.1) is 6.92 Å². The third kappa shape index (κ3) is 2.84. The average molecular weight is 323 g/mol. The van der Waals surface area contributed by atoms with E-state index >= 15 is 0 Å². The van der Waals surface area contributed by atoms with Gasteiger partial charge in [-0.15, -0.1) is 11.3 Å². The fourth-order valence-corrected chi connectivity index (χ4v) is 4.18. The largest absolute Gasteiger partial charge is 0.354 e. The second-order valence-electron chi connectivity index (χ2n) is 6.29. The van der Waals surface area contributed by atoms with Crippen LogP contribution in [0.4, 0.5) is 5.82 Å². The van der Waals surface area contributed by atoms with Gasteiger partial charge in [-0.1, -0.05) is 18.2 Å². The molecule has 1 saturated heterocycles. The summed E-state index contributed by atoms with van der Waals surface area (Å²) in [5.74, 6) is 1.11. The molecule has 0 saturated carbocycles. The summed E-state index contributed by atoms with van der Waals surface area (Å²) in [7, 11) is 2.18. The third-order valence-electron chi connectivity index (χ3n) is 4.56. The van der Waals surface area contributed by atoms with Gasteiger partial charge in [-0.3, -0.25) is 0 Å². The fraction of sp³-hybridized carbons (Fsp3) is 0.316. The van der Waals surface area contributed by atoms with Crippen molar-refractivity contribution in [1.29, 1.82) is 0 Å². The third-order valence-corrected chi connectivity index (χ3v) is 5.52. The van der Waals surface area contributed by atoms with Gasteiger partial charge < -0.3 is 9.80 Å². The number of rotatable bonds is 2. The molecule has 3 nitrogen and oxygen atoms in total. The van der Waals surface area contributed by atoms with E-state index in [9.17, 15) is 0 Å². The molecule has 23 heavy (non-hydrogen) atoms. The Morgan fingerprint density at radius 3 is 2.65 bits per heavy atom. The van der Waals surface area contributed by atoms with Gasteiger partial charge in [-0.2, -0.15) is 0 Å². The molecular formula is C19H21N3S. The molecule has 0 N–H and O–H groups in total. The first kappa shape index (κ1) is 14.7. The van der Waals surface area contributed by atoms with Gasteiger partial charge in [0.2, 0.25) is 0 Å². The van der Waals surface area contributed by atoms with Gasteiger partial charge in [0.1, 0.15) is 5.82 Å². The van der Waals surface area contributed by atoms with Crippen LogP contribution in [0.5, 0.6) is 0 Å². The molecule has 0 spiro atoms. The van der Waals surface area contributed by atoms with E-state index in [0.717, 1.165) is 37.7 Å². The van der Waals surface area contributed by atoms with Crippen molar-refractivity contribution in [3.8, 4) is 11.1 Å². The van der Waals surface area contributed by atoms with Crippen molar-refractivity contribution in [3.63, 3.8) is 0 Å². The Kier molecular flexibility index (Phi) is 3.79. The molecule has 1 aromatic carbocycles. The summed E-state index contributed by atoms with van der Waals surface area (Å²) in [4.78, 5) is 9.57. The Morgan fingerprint density at radius 2 is 1.83 bits per heavy atom. The highest BCUT2D eigenvalue weighted by Crippen LogP contribution is 2.35. The van der Waals surface area contributed by atoms with Gasteiger partial charge >= 0.3 is 0 Å². The molecule has 4 heteroatoms. The number of fused-ring (bicyclic) bond motifs is 1. The Hall–Kier alpha value is -1.91. The fourth-order valence-electron chi connectivity index (χ4n) is 3.21. The van der Waals surface area contributed by atoms with Crippen LogP contribution in [0.1, 0.15) is 5.69 Å². The zero-order valence-electron chi connectivity index (χ0n) is 13.6. The molecule has 0 atom stereocenters. The van der Waals surface area contributed by atoms with E-state index in [1.165, 1.54) is 21.2 Å². The average Bonchev–Trinajstić information content (AvgIpc) is 2.99. The number of anilines is 1. The van der Waals surface area contributed by atoms with Gasteiger partial charge in [0.25, 0.3) is 0 Å². The molecule has 0 bridgehead atoms. The highest BCUT2D eigenvalue weighted by molar-refractivity contribution is 7.17. The molecule has 3 aromatic rings. The number of aryl methyl sites for hydroxylation is 1. The Bertz CT molecular complexity index is 832. The van der Waals surface area contributed by atoms with E-state index in [1.54, 1.807) is 0 Å². The number of thiophene rings is 1. The van der Waals surface area contributed by atoms with Crippen LogP contribution < -0.4 is 4.90 Å². The molecule has 0 unspecified atom stereocenters. The number of piperazine rings is 1. The first-order valence-electron chi connectivity index (χ1n) is 8.09. The predicted octanol–water partition coefficient (Wildman–Crippen LogP) is 4.02. The number of pyridine rings is 1. The summed E-state index contributed by atoms with van der Waals surface area (Å²) in [5.41, 5.74) is 3.70. The highest BCUT2D eigenvalue weighted by atomic mass is 32.1. The molecule has 1 aliphatic rings. The van der Waals surface area contributed by atoms with Gasteiger partial charge in [0, 0.05) is 47.5 Å². The van der Waals surface area contributed by atoms with Crippen molar-refractivity contribution in [3.05, 3.63) is 47.5 Å². The number of likely N-dealkylation sites (N-methyl/N-ethyl adjacent to an activating group) is 1. The van der Waals surface area contributed by atoms with Crippen molar-refractivity contribution in [2.45, 2.75) is 6.92 Å². The Labute approximate surface area is 141 Å². The van der Waals surface area contributed by atoms with Gasteiger partial charge in [-0.25, -0.2) is 4.98 Å². The minimum absolute atomic E-state index is 1.05. The van der Waals surface area contributed by atoms with Gasteiger partial charge in [-0.05, 0) is 43.1 Å². The summed E-state index contributed by atoms with van der Waals surface area (Å²) < 4.78 is 1.35. The zero-order valence-corrected chi connectivity index (χ0v) is 14.4. The number of benzene rings is 1. The standard InChI is InChI=1S/C19H21N3S/c1-14-11-15(17-13-23-18-6-4-3-5-16(17)18)12-19(20-14)22-9-7-21(2)8-10-22/h3-6,11-13H,7-10H2,1-2H3. The van der Waals surface area contributed by atoms with Crippen molar-refractivity contribution in [2.24, 2.45) is 0 Å². The molecule has 1 fully saturated rings. The minimum atomic E-state index is 1.05. The van der Waals surface area contributed by atoms with E-state index in [1.807, 2.05) is 11.3 Å². The van der Waals surface area contributed by atoms with Crippen molar-refractivity contribution in [1.82, 2.24) is 9.88 Å². The lowest BCUT2D eigenvalue weighted by Gasteiger charge is -2.33. The van der Waals surface area contributed by atoms with Crippen molar-refractivity contribution < 1.29 is 0 Å². The van der Waals surface area contributed by atoms with Crippen LogP contribution in [0.2, 0.25) is 0 Å². The SMILES string of the molecule is Cc1cc(-c2csc3ccccc23)cc(N2CCN(C)CC2)n1. The van der Waals surface area contributed by atoms with Gasteiger partial charge in [0.15, 0.2) is 0 Å². The summed E-state index contributed by atoms with van der Waals surface area (Å²) in [6, 6.07) is 13.1. The molecule has 1 aliphatic heterocycles. The van der Waals surface area contributed by atoms with E-state index in [4.69, 9.17) is 4.98 Å². The van der Waals surface area contributed by atoms with Crippen LogP contribution in [0.15, 0.2) is 41.8 Å². The van der Waals surface area contributed by atoms with Crippen LogP contribution in [-0.4, -0.2) is 43.1 Å². The Balaban J connectivity index is 1.75. The number of hydrogen-bond acceptors (Lipinski definition) is 4. The predicted molar refractivity (Wildman–Crippen MR) is 99.5 cm³/mol. The van der Waals surface area contributed by atoms with Crippen LogP contribution in [0.25, 0.3) is 21.2 Å². The molecule has 118 valence electrons. The highest BCUT2D eigenvalue weighted by Gasteiger charge is 2.17. The summed E-state index contributed by atoms with van der Waals surface area (Å²) in [6.45, 7) is 6.41. The molecule has 0 aliphatic carbocycles.